The van der Waals surface area contributed by atoms with Crippen molar-refractivity contribution in [1.82, 2.24) is 23.1 Å². The van der Waals surface area contributed by atoms with Gasteiger partial charge >= 0.3 is 5.69 Å². The Bertz CT molecular complexity index is 1550. The van der Waals surface area contributed by atoms with Gasteiger partial charge in [-0.15, -0.1) is 0 Å². The number of carbonyl (C=O) groups excluding carboxylic acids is 1. The fourth-order valence-corrected chi connectivity index (χ4v) is 3.81. The molecule has 31 heavy (non-hydrogen) atoms. The van der Waals surface area contributed by atoms with Gasteiger partial charge in [-0.2, -0.15) is 4.98 Å². The number of hydrogen-bond donors (Lipinski definition) is 0. The Kier molecular flexibility index (Phi) is 4.25. The summed E-state index contributed by atoms with van der Waals surface area (Å²) in [7, 11) is 1.55. The van der Waals surface area contributed by atoms with E-state index < -0.39 is 11.2 Å². The number of imidazole rings is 2. The molecule has 0 saturated heterocycles. The monoisotopic (exact) mass is 417 g/mol. The van der Waals surface area contributed by atoms with Gasteiger partial charge < -0.3 is 8.98 Å². The van der Waals surface area contributed by atoms with Gasteiger partial charge in [-0.25, -0.2) is 4.79 Å². The van der Waals surface area contributed by atoms with Crippen LogP contribution in [0.5, 0.6) is 0 Å². The number of fused-ring (bicyclic) bond motifs is 3. The van der Waals surface area contributed by atoms with E-state index >= 15 is 0 Å². The Morgan fingerprint density at radius 1 is 1.06 bits per heavy atom. The van der Waals surface area contributed by atoms with Crippen molar-refractivity contribution >= 4 is 22.7 Å². The largest absolute Gasteiger partial charge is 0.467 e. The zero-order chi connectivity index (χ0) is 21.7. The summed E-state index contributed by atoms with van der Waals surface area (Å²) in [4.78, 5) is 43.4. The summed E-state index contributed by atoms with van der Waals surface area (Å²) in [6.45, 7) is 2.00. The van der Waals surface area contributed by atoms with Crippen LogP contribution < -0.4 is 11.2 Å². The second kappa shape index (κ2) is 6.98. The molecule has 0 N–H and O–H groups in total. The van der Waals surface area contributed by atoms with Crippen LogP contribution in [-0.2, 0) is 20.1 Å². The fraction of sp³-hybridized carbons (Fsp3) is 0.182. The normalized spacial score (nSPS) is 11.5. The first-order valence-electron chi connectivity index (χ1n) is 9.74. The van der Waals surface area contributed by atoms with Crippen LogP contribution in [0, 0.1) is 6.92 Å². The molecule has 5 rings (SSSR count). The third kappa shape index (κ3) is 2.93. The minimum absolute atomic E-state index is 0.249. The average Bonchev–Trinajstić information content (AvgIpc) is 3.48. The van der Waals surface area contributed by atoms with Crippen LogP contribution in [0.25, 0.3) is 16.9 Å². The molecule has 5 aromatic rings. The molecule has 0 saturated carbocycles. The molecule has 0 aliphatic heterocycles. The van der Waals surface area contributed by atoms with E-state index in [-0.39, 0.29) is 23.5 Å². The van der Waals surface area contributed by atoms with E-state index in [4.69, 9.17) is 4.42 Å². The molecule has 0 aliphatic carbocycles. The van der Waals surface area contributed by atoms with Crippen molar-refractivity contribution in [3.05, 3.63) is 92.8 Å². The van der Waals surface area contributed by atoms with E-state index in [1.165, 1.54) is 4.57 Å². The maximum Gasteiger partial charge on any atom is 0.332 e. The van der Waals surface area contributed by atoms with E-state index in [9.17, 15) is 14.4 Å². The van der Waals surface area contributed by atoms with Crippen LogP contribution in [0.3, 0.4) is 0 Å². The number of aromatic nitrogens is 5. The lowest BCUT2D eigenvalue weighted by atomic mass is 10.1. The number of carbonyl (C=O) groups is 1. The predicted octanol–water partition coefficient (Wildman–Crippen LogP) is 1.98. The quantitative estimate of drug-likeness (QED) is 0.408. The number of aryl methyl sites for hydroxylation is 2. The Hall–Kier alpha value is -4.14. The zero-order valence-corrected chi connectivity index (χ0v) is 17.0. The Balaban J connectivity index is 1.69. The van der Waals surface area contributed by atoms with Crippen LogP contribution in [0.15, 0.2) is 68.9 Å². The standard InChI is InChI=1S/C22H19N5O4/c1-14-11-26-18-19(23-21(26)25(14)12-16-9-6-10-31-16)24(2)22(30)27(20(18)29)13-17(28)15-7-4-3-5-8-15/h3-11H,12-13H2,1-2H3. The number of nitrogens with zero attached hydrogens (tertiary/aromatic N) is 5. The van der Waals surface area contributed by atoms with E-state index in [1.54, 1.807) is 60.3 Å². The van der Waals surface area contributed by atoms with Crippen molar-refractivity contribution in [2.45, 2.75) is 20.0 Å². The van der Waals surface area contributed by atoms with Crippen LogP contribution >= 0.6 is 0 Å². The molecule has 0 unspecified atom stereocenters. The summed E-state index contributed by atoms with van der Waals surface area (Å²) in [5.41, 5.74) is 0.694. The molecule has 9 nitrogen and oxygen atoms in total. The zero-order valence-electron chi connectivity index (χ0n) is 17.0. The summed E-state index contributed by atoms with van der Waals surface area (Å²) < 4.78 is 11.3. The number of benzene rings is 1. The summed E-state index contributed by atoms with van der Waals surface area (Å²) in [5, 5.41) is 0. The molecule has 0 spiro atoms. The molecule has 9 heteroatoms. The van der Waals surface area contributed by atoms with Crippen LogP contribution in [0.4, 0.5) is 0 Å². The molecule has 1 aromatic carbocycles. The lowest BCUT2D eigenvalue weighted by Gasteiger charge is -2.07. The lowest BCUT2D eigenvalue weighted by molar-refractivity contribution is 0.0969. The van der Waals surface area contributed by atoms with Gasteiger partial charge in [0.1, 0.15) is 5.76 Å². The summed E-state index contributed by atoms with van der Waals surface area (Å²) in [6.07, 6.45) is 3.39. The van der Waals surface area contributed by atoms with Gasteiger partial charge in [-0.1, -0.05) is 30.3 Å². The van der Waals surface area contributed by atoms with Crippen molar-refractivity contribution in [1.29, 1.82) is 0 Å². The highest BCUT2D eigenvalue weighted by atomic mass is 16.3. The molecule has 0 fully saturated rings. The van der Waals surface area contributed by atoms with Crippen molar-refractivity contribution in [3.63, 3.8) is 0 Å². The molecule has 4 aromatic heterocycles. The first-order valence-corrected chi connectivity index (χ1v) is 9.74. The Morgan fingerprint density at radius 2 is 1.84 bits per heavy atom. The van der Waals surface area contributed by atoms with Crippen LogP contribution in [-0.4, -0.2) is 28.9 Å². The van der Waals surface area contributed by atoms with Crippen LogP contribution in [0.1, 0.15) is 21.8 Å². The van der Waals surface area contributed by atoms with Crippen LogP contribution in [0.2, 0.25) is 0 Å². The first-order chi connectivity index (χ1) is 15.0. The molecule has 0 radical (unpaired) electrons. The minimum Gasteiger partial charge on any atom is -0.467 e. The molecule has 0 atom stereocenters. The molecular weight excluding hydrogens is 398 g/mol. The average molecular weight is 417 g/mol. The predicted molar refractivity (Wildman–Crippen MR) is 114 cm³/mol. The molecule has 0 bridgehead atoms. The van der Waals surface area contributed by atoms with Gasteiger partial charge in [0.2, 0.25) is 5.78 Å². The van der Waals surface area contributed by atoms with Gasteiger partial charge in [0.25, 0.3) is 5.56 Å². The van der Waals surface area contributed by atoms with Crippen molar-refractivity contribution in [2.24, 2.45) is 7.05 Å². The van der Waals surface area contributed by atoms with Gasteiger partial charge in [0.15, 0.2) is 16.9 Å². The second-order valence-electron chi connectivity index (χ2n) is 7.41. The van der Waals surface area contributed by atoms with Gasteiger partial charge in [-0.05, 0) is 19.1 Å². The number of hydrogen-bond acceptors (Lipinski definition) is 5. The summed E-state index contributed by atoms with van der Waals surface area (Å²) in [6, 6.07) is 12.3. The third-order valence-electron chi connectivity index (χ3n) is 5.43. The third-order valence-corrected chi connectivity index (χ3v) is 5.43. The van der Waals surface area contributed by atoms with Crippen molar-refractivity contribution in [3.8, 4) is 0 Å². The van der Waals surface area contributed by atoms with E-state index in [0.717, 1.165) is 16.0 Å². The van der Waals surface area contributed by atoms with Gasteiger partial charge in [0.05, 0.1) is 19.4 Å². The Labute approximate surface area is 175 Å². The highest BCUT2D eigenvalue weighted by molar-refractivity contribution is 5.95. The first kappa shape index (κ1) is 18.9. The number of furan rings is 1. The number of ketones is 1. The lowest BCUT2D eigenvalue weighted by Crippen LogP contribution is -2.41. The van der Waals surface area contributed by atoms with E-state index in [1.807, 2.05) is 17.6 Å². The smallest absolute Gasteiger partial charge is 0.332 e. The maximum atomic E-state index is 13.3. The summed E-state index contributed by atoms with van der Waals surface area (Å²) in [5.74, 6) is 0.947. The molecule has 0 aliphatic rings. The molecule has 156 valence electrons. The molecule has 4 heterocycles. The molecule has 0 amide bonds. The Morgan fingerprint density at radius 3 is 2.55 bits per heavy atom. The number of rotatable bonds is 5. The highest BCUT2D eigenvalue weighted by Crippen LogP contribution is 2.18. The summed E-state index contributed by atoms with van der Waals surface area (Å²) >= 11 is 0. The topological polar surface area (TPSA) is 96.4 Å². The number of Topliss-reactive ketones (excluding diaryl/α,β-unsaturated/α-hetero) is 1. The maximum absolute atomic E-state index is 13.3. The van der Waals surface area contributed by atoms with E-state index in [0.29, 0.717) is 17.9 Å². The highest BCUT2D eigenvalue weighted by Gasteiger charge is 2.21. The van der Waals surface area contributed by atoms with E-state index in [2.05, 4.69) is 4.98 Å². The van der Waals surface area contributed by atoms with Gasteiger partial charge in [0, 0.05) is 24.5 Å². The minimum atomic E-state index is -0.586. The van der Waals surface area contributed by atoms with Crippen molar-refractivity contribution < 1.29 is 9.21 Å². The van der Waals surface area contributed by atoms with Crippen molar-refractivity contribution in [2.75, 3.05) is 0 Å². The fourth-order valence-electron chi connectivity index (χ4n) is 3.81. The second-order valence-corrected chi connectivity index (χ2v) is 7.41. The molecular formula is C22H19N5O4. The SMILES string of the molecule is Cc1cn2c3c(=O)n(CC(=O)c4ccccc4)c(=O)n(C)c3nc2n1Cc1ccco1. The van der Waals surface area contributed by atoms with Gasteiger partial charge in [-0.3, -0.25) is 23.1 Å².